The van der Waals surface area contributed by atoms with Crippen molar-refractivity contribution in [3.63, 3.8) is 0 Å². The fourth-order valence-corrected chi connectivity index (χ4v) is 7.68. The minimum Gasteiger partial charge on any atom is -0.456 e. The van der Waals surface area contributed by atoms with Gasteiger partial charge in [0, 0.05) is 36.8 Å². The summed E-state index contributed by atoms with van der Waals surface area (Å²) in [6.45, 7) is 0. The van der Waals surface area contributed by atoms with E-state index in [1.54, 1.807) is 0 Å². The van der Waals surface area contributed by atoms with Crippen molar-refractivity contribution in [2.75, 3.05) is 4.90 Å². The molecule has 0 aliphatic rings. The van der Waals surface area contributed by atoms with E-state index in [1.165, 1.54) is 42.4 Å². The highest BCUT2D eigenvalue weighted by molar-refractivity contribution is 7.25. The standard InChI is InChI=1S/C42H27NOS/c1-2-11-29(12-3-1)32-13-4-7-16-36(32)43(37-17-10-19-39-42(37)34-15-5-8-18-38(34)44-39)31-24-21-28(22-25-31)30-23-26-41-35(27-30)33-14-6-9-20-40(33)45-41/h1-27H. The quantitative estimate of drug-likeness (QED) is 0.197. The number of furan rings is 1. The minimum atomic E-state index is 0.879. The zero-order valence-electron chi connectivity index (χ0n) is 24.4. The Bertz CT molecular complexity index is 2490. The minimum absolute atomic E-state index is 0.879. The number of benzene rings is 7. The molecule has 0 fully saturated rings. The number of nitrogens with zero attached hydrogens (tertiary/aromatic N) is 1. The molecule has 9 aromatic rings. The van der Waals surface area contributed by atoms with Gasteiger partial charge in [-0.3, -0.25) is 0 Å². The summed E-state index contributed by atoms with van der Waals surface area (Å²) in [6.07, 6.45) is 0. The Labute approximate surface area is 265 Å². The maximum absolute atomic E-state index is 6.34. The number of hydrogen-bond acceptors (Lipinski definition) is 3. The van der Waals surface area contributed by atoms with E-state index in [9.17, 15) is 0 Å². The average Bonchev–Trinajstić information content (AvgIpc) is 3.68. The molecule has 0 amide bonds. The molecule has 45 heavy (non-hydrogen) atoms. The summed E-state index contributed by atoms with van der Waals surface area (Å²) in [5.41, 5.74) is 9.81. The fraction of sp³-hybridized carbons (Fsp3) is 0. The predicted molar refractivity (Wildman–Crippen MR) is 192 cm³/mol. The van der Waals surface area contributed by atoms with Gasteiger partial charge in [-0.25, -0.2) is 0 Å². The molecule has 0 aliphatic carbocycles. The summed E-state index contributed by atoms with van der Waals surface area (Å²) in [7, 11) is 0. The van der Waals surface area contributed by atoms with Gasteiger partial charge in [0.05, 0.1) is 16.8 Å². The Morgan fingerprint density at radius 2 is 1.09 bits per heavy atom. The Balaban J connectivity index is 1.24. The van der Waals surface area contributed by atoms with E-state index in [-0.39, 0.29) is 0 Å². The highest BCUT2D eigenvalue weighted by Gasteiger charge is 2.21. The molecule has 0 aliphatic heterocycles. The summed E-state index contributed by atoms with van der Waals surface area (Å²) in [5, 5.41) is 4.85. The van der Waals surface area contributed by atoms with Gasteiger partial charge in [0.2, 0.25) is 0 Å². The van der Waals surface area contributed by atoms with E-state index in [0.717, 1.165) is 39.0 Å². The topological polar surface area (TPSA) is 16.4 Å². The molecule has 0 unspecified atom stereocenters. The first-order valence-electron chi connectivity index (χ1n) is 15.2. The smallest absolute Gasteiger partial charge is 0.137 e. The number of anilines is 3. The van der Waals surface area contributed by atoms with Crippen molar-refractivity contribution in [2.45, 2.75) is 0 Å². The van der Waals surface area contributed by atoms with E-state index < -0.39 is 0 Å². The fourth-order valence-electron chi connectivity index (χ4n) is 6.59. The maximum atomic E-state index is 6.34. The second kappa shape index (κ2) is 10.5. The SMILES string of the molecule is c1ccc(-c2ccccc2N(c2ccc(-c3ccc4sc5ccccc5c4c3)cc2)c2cccc3oc4ccccc4c23)cc1. The summed E-state index contributed by atoms with van der Waals surface area (Å²) < 4.78 is 8.99. The highest BCUT2D eigenvalue weighted by atomic mass is 32.1. The van der Waals surface area contributed by atoms with Crippen molar-refractivity contribution in [3.8, 4) is 22.3 Å². The lowest BCUT2D eigenvalue weighted by Gasteiger charge is -2.28. The molecule has 212 valence electrons. The molecule has 0 atom stereocenters. The number of hydrogen-bond donors (Lipinski definition) is 0. The first-order valence-corrected chi connectivity index (χ1v) is 16.0. The first kappa shape index (κ1) is 25.8. The van der Waals surface area contributed by atoms with E-state index in [0.29, 0.717) is 0 Å². The van der Waals surface area contributed by atoms with Crippen LogP contribution in [0.1, 0.15) is 0 Å². The van der Waals surface area contributed by atoms with Crippen LogP contribution in [0.4, 0.5) is 17.1 Å². The third-order valence-corrected chi connectivity index (χ3v) is 9.84. The van der Waals surface area contributed by atoms with E-state index >= 15 is 0 Å². The zero-order chi connectivity index (χ0) is 29.7. The Morgan fingerprint density at radius 1 is 0.422 bits per heavy atom. The van der Waals surface area contributed by atoms with E-state index in [4.69, 9.17) is 4.42 Å². The largest absolute Gasteiger partial charge is 0.456 e. The third kappa shape index (κ3) is 4.32. The van der Waals surface area contributed by atoms with Crippen LogP contribution in [0.3, 0.4) is 0 Å². The van der Waals surface area contributed by atoms with Gasteiger partial charge in [0.15, 0.2) is 0 Å². The van der Waals surface area contributed by atoms with Gasteiger partial charge in [-0.05, 0) is 71.3 Å². The van der Waals surface area contributed by atoms with Crippen molar-refractivity contribution < 1.29 is 4.42 Å². The summed E-state index contributed by atoms with van der Waals surface area (Å²) >= 11 is 1.85. The Hall–Kier alpha value is -5.64. The van der Waals surface area contributed by atoms with Crippen molar-refractivity contribution in [2.24, 2.45) is 0 Å². The molecule has 2 heterocycles. The predicted octanol–water partition coefficient (Wildman–Crippen LogP) is 12.8. The molecule has 0 saturated carbocycles. The normalized spacial score (nSPS) is 11.6. The summed E-state index contributed by atoms with van der Waals surface area (Å²) in [5.74, 6) is 0. The molecule has 0 spiro atoms. The maximum Gasteiger partial charge on any atom is 0.137 e. The lowest BCUT2D eigenvalue weighted by Crippen LogP contribution is -2.11. The number of para-hydroxylation sites is 2. The molecule has 2 aromatic heterocycles. The van der Waals surface area contributed by atoms with Gasteiger partial charge in [-0.2, -0.15) is 0 Å². The van der Waals surface area contributed by atoms with Crippen molar-refractivity contribution >= 4 is 70.5 Å². The molecular weight excluding hydrogens is 567 g/mol. The summed E-state index contributed by atoms with van der Waals surface area (Å²) in [4.78, 5) is 2.38. The van der Waals surface area contributed by atoms with Gasteiger partial charge in [-0.1, -0.05) is 109 Å². The van der Waals surface area contributed by atoms with Crippen LogP contribution in [0.2, 0.25) is 0 Å². The molecule has 0 bridgehead atoms. The van der Waals surface area contributed by atoms with Crippen LogP contribution in [-0.2, 0) is 0 Å². The van der Waals surface area contributed by atoms with Crippen molar-refractivity contribution in [1.29, 1.82) is 0 Å². The van der Waals surface area contributed by atoms with E-state index in [1.807, 2.05) is 23.5 Å². The molecule has 2 nitrogen and oxygen atoms in total. The van der Waals surface area contributed by atoms with Crippen LogP contribution in [0.25, 0.3) is 64.4 Å². The lowest BCUT2D eigenvalue weighted by atomic mass is 9.99. The molecular formula is C42H27NOS. The number of thiophene rings is 1. The zero-order valence-corrected chi connectivity index (χ0v) is 25.2. The second-order valence-corrected chi connectivity index (χ2v) is 12.4. The Morgan fingerprint density at radius 3 is 1.98 bits per heavy atom. The number of rotatable bonds is 5. The third-order valence-electron chi connectivity index (χ3n) is 8.69. The van der Waals surface area contributed by atoms with Gasteiger partial charge in [0.1, 0.15) is 11.2 Å². The summed E-state index contributed by atoms with van der Waals surface area (Å²) in [6, 6.07) is 58.5. The molecule has 0 N–H and O–H groups in total. The molecule has 9 rings (SSSR count). The lowest BCUT2D eigenvalue weighted by molar-refractivity contribution is 0.669. The monoisotopic (exact) mass is 593 g/mol. The molecule has 0 radical (unpaired) electrons. The average molecular weight is 594 g/mol. The molecule has 7 aromatic carbocycles. The van der Waals surface area contributed by atoms with Gasteiger partial charge in [0.25, 0.3) is 0 Å². The second-order valence-electron chi connectivity index (χ2n) is 11.3. The molecule has 3 heteroatoms. The van der Waals surface area contributed by atoms with Crippen LogP contribution in [0, 0.1) is 0 Å². The van der Waals surface area contributed by atoms with Crippen molar-refractivity contribution in [1.82, 2.24) is 0 Å². The van der Waals surface area contributed by atoms with Gasteiger partial charge >= 0.3 is 0 Å². The Kier molecular flexibility index (Phi) is 6.03. The van der Waals surface area contributed by atoms with E-state index in [2.05, 4.69) is 157 Å². The molecule has 0 saturated heterocycles. The van der Waals surface area contributed by atoms with Crippen LogP contribution >= 0.6 is 11.3 Å². The van der Waals surface area contributed by atoms with Crippen LogP contribution in [0.15, 0.2) is 168 Å². The van der Waals surface area contributed by atoms with Crippen LogP contribution < -0.4 is 4.90 Å². The van der Waals surface area contributed by atoms with Gasteiger partial charge < -0.3 is 9.32 Å². The van der Waals surface area contributed by atoms with Crippen molar-refractivity contribution in [3.05, 3.63) is 164 Å². The highest BCUT2D eigenvalue weighted by Crippen LogP contribution is 2.46. The number of fused-ring (bicyclic) bond motifs is 6. The van der Waals surface area contributed by atoms with Crippen LogP contribution in [0.5, 0.6) is 0 Å². The van der Waals surface area contributed by atoms with Gasteiger partial charge in [-0.15, -0.1) is 11.3 Å². The first-order chi connectivity index (χ1) is 22.3. The van der Waals surface area contributed by atoms with Crippen LogP contribution in [-0.4, -0.2) is 0 Å².